The van der Waals surface area contributed by atoms with Gasteiger partial charge in [0.05, 0.1) is 12.1 Å². The summed E-state index contributed by atoms with van der Waals surface area (Å²) in [4.78, 5) is 17.9. The van der Waals surface area contributed by atoms with Crippen molar-refractivity contribution in [1.29, 1.82) is 0 Å². The van der Waals surface area contributed by atoms with E-state index in [1.54, 1.807) is 4.90 Å². The Morgan fingerprint density at radius 3 is 2.48 bits per heavy atom. The lowest BCUT2D eigenvalue weighted by atomic mass is 9.78. The summed E-state index contributed by atoms with van der Waals surface area (Å²) in [6, 6.07) is 11.9. The van der Waals surface area contributed by atoms with Crippen molar-refractivity contribution < 1.29 is 22.7 Å². The Hall–Kier alpha value is -2.77. The Kier molecular flexibility index (Phi) is 5.10. The average Bonchev–Trinajstić information content (AvgIpc) is 3.04. The monoisotopic (exact) mass is 405 g/mol. The van der Waals surface area contributed by atoms with Crippen LogP contribution in [-0.4, -0.2) is 29.8 Å². The van der Waals surface area contributed by atoms with E-state index >= 15 is 0 Å². The summed E-state index contributed by atoms with van der Waals surface area (Å²) in [6.45, 7) is 1.18. The standard InChI is InChI=1S/C21H22F3N3O2/c22-21(23,24)16-6-7-18(26-13-16)25-12-15-8-10-20(11-9-15)14-27(19(28)29-20)17-4-2-1-3-5-17/h1-7,13,15H,8-12,14H2,(H,25,26)/t15-,20-. The van der Waals surface area contributed by atoms with Crippen LogP contribution in [0.5, 0.6) is 0 Å². The van der Waals surface area contributed by atoms with E-state index < -0.39 is 17.3 Å². The van der Waals surface area contributed by atoms with Crippen LogP contribution in [0.4, 0.5) is 29.5 Å². The van der Waals surface area contributed by atoms with E-state index in [-0.39, 0.29) is 6.09 Å². The van der Waals surface area contributed by atoms with Crippen LogP contribution in [0, 0.1) is 5.92 Å². The largest absolute Gasteiger partial charge is 0.441 e. The quantitative estimate of drug-likeness (QED) is 0.769. The summed E-state index contributed by atoms with van der Waals surface area (Å²) in [5.74, 6) is 0.787. The number of pyridine rings is 1. The van der Waals surface area contributed by atoms with Gasteiger partial charge in [-0.15, -0.1) is 0 Å². The van der Waals surface area contributed by atoms with E-state index in [1.165, 1.54) is 6.07 Å². The fourth-order valence-electron chi connectivity index (χ4n) is 4.01. The smallest absolute Gasteiger partial charge is 0.417 e. The molecule has 1 N–H and O–H groups in total. The summed E-state index contributed by atoms with van der Waals surface area (Å²) >= 11 is 0. The molecule has 4 rings (SSSR count). The molecule has 1 aromatic heterocycles. The highest BCUT2D eigenvalue weighted by molar-refractivity contribution is 5.90. The topological polar surface area (TPSA) is 54.5 Å². The number of alkyl halides is 3. The lowest BCUT2D eigenvalue weighted by Crippen LogP contribution is -2.39. The normalized spacial score (nSPS) is 24.6. The van der Waals surface area contributed by atoms with Gasteiger partial charge in [-0.3, -0.25) is 4.90 Å². The third kappa shape index (κ3) is 4.31. The molecule has 1 amide bonds. The molecule has 5 nitrogen and oxygen atoms in total. The SMILES string of the molecule is O=C1O[C@]2(CC[C@H](CNc3ccc(C(F)(F)F)cn3)CC2)CN1c1ccccc1. The number of hydrogen-bond acceptors (Lipinski definition) is 4. The van der Waals surface area contributed by atoms with Crippen LogP contribution in [-0.2, 0) is 10.9 Å². The molecule has 1 spiro atoms. The van der Waals surface area contributed by atoms with Gasteiger partial charge < -0.3 is 10.1 Å². The Morgan fingerprint density at radius 1 is 1.14 bits per heavy atom. The van der Waals surface area contributed by atoms with Crippen molar-refractivity contribution in [3.63, 3.8) is 0 Å². The Morgan fingerprint density at radius 2 is 1.86 bits per heavy atom. The van der Waals surface area contributed by atoms with Gasteiger partial charge in [0, 0.05) is 18.4 Å². The number of nitrogens with zero attached hydrogens (tertiary/aromatic N) is 2. The molecule has 0 bridgehead atoms. The Bertz CT molecular complexity index is 848. The van der Waals surface area contributed by atoms with Gasteiger partial charge in [-0.05, 0) is 55.9 Å². The number of nitrogens with one attached hydrogen (secondary N) is 1. The minimum absolute atomic E-state index is 0.304. The molecule has 1 aromatic carbocycles. The molecule has 0 atom stereocenters. The first-order chi connectivity index (χ1) is 13.8. The summed E-state index contributed by atoms with van der Waals surface area (Å²) in [6.07, 6.45) is -0.539. The van der Waals surface area contributed by atoms with Crippen molar-refractivity contribution in [3.8, 4) is 0 Å². The van der Waals surface area contributed by atoms with Gasteiger partial charge in [-0.2, -0.15) is 13.2 Å². The first-order valence-corrected chi connectivity index (χ1v) is 9.67. The van der Waals surface area contributed by atoms with E-state index in [0.29, 0.717) is 24.8 Å². The molecular weight excluding hydrogens is 383 g/mol. The number of amides is 1. The van der Waals surface area contributed by atoms with E-state index in [4.69, 9.17) is 4.74 Å². The summed E-state index contributed by atoms with van der Waals surface area (Å²) < 4.78 is 43.6. The lowest BCUT2D eigenvalue weighted by molar-refractivity contribution is -0.137. The summed E-state index contributed by atoms with van der Waals surface area (Å²) in [5.41, 5.74) is -0.365. The van der Waals surface area contributed by atoms with Crippen LogP contribution in [0.3, 0.4) is 0 Å². The van der Waals surface area contributed by atoms with Crippen molar-refractivity contribution in [2.45, 2.75) is 37.5 Å². The lowest BCUT2D eigenvalue weighted by Gasteiger charge is -2.35. The fourth-order valence-corrected chi connectivity index (χ4v) is 4.01. The van der Waals surface area contributed by atoms with Crippen molar-refractivity contribution >= 4 is 17.6 Å². The second-order valence-electron chi connectivity index (χ2n) is 7.73. The van der Waals surface area contributed by atoms with Crippen molar-refractivity contribution in [1.82, 2.24) is 4.98 Å². The van der Waals surface area contributed by atoms with Crippen LogP contribution < -0.4 is 10.2 Å². The van der Waals surface area contributed by atoms with Gasteiger partial charge in [0.25, 0.3) is 0 Å². The Labute approximate surface area is 166 Å². The maximum Gasteiger partial charge on any atom is 0.417 e. The first kappa shape index (κ1) is 19.5. The van der Waals surface area contributed by atoms with Crippen molar-refractivity contribution in [2.75, 3.05) is 23.3 Å². The van der Waals surface area contributed by atoms with Crippen LogP contribution in [0.1, 0.15) is 31.2 Å². The molecule has 1 aliphatic carbocycles. The number of halogens is 3. The molecule has 2 aliphatic rings. The minimum Gasteiger partial charge on any atom is -0.441 e. The highest BCUT2D eigenvalue weighted by Gasteiger charge is 2.47. The summed E-state index contributed by atoms with van der Waals surface area (Å²) in [7, 11) is 0. The molecule has 1 aliphatic heterocycles. The second-order valence-corrected chi connectivity index (χ2v) is 7.73. The number of carbonyl (C=O) groups excluding carboxylic acids is 1. The zero-order chi connectivity index (χ0) is 20.5. The number of rotatable bonds is 4. The van der Waals surface area contributed by atoms with Crippen LogP contribution in [0.2, 0.25) is 0 Å². The molecule has 8 heteroatoms. The first-order valence-electron chi connectivity index (χ1n) is 9.67. The predicted octanol–water partition coefficient (Wildman–Crippen LogP) is 5.10. The molecule has 0 unspecified atom stereocenters. The number of para-hydroxylation sites is 1. The molecule has 154 valence electrons. The second kappa shape index (κ2) is 7.57. The highest BCUT2D eigenvalue weighted by Crippen LogP contribution is 2.40. The zero-order valence-electron chi connectivity index (χ0n) is 15.8. The minimum atomic E-state index is -4.38. The zero-order valence-corrected chi connectivity index (χ0v) is 15.8. The number of hydrogen-bond donors (Lipinski definition) is 1. The maximum atomic E-state index is 12.6. The van der Waals surface area contributed by atoms with E-state index in [9.17, 15) is 18.0 Å². The van der Waals surface area contributed by atoms with Crippen LogP contribution in [0.25, 0.3) is 0 Å². The highest BCUT2D eigenvalue weighted by atomic mass is 19.4. The third-order valence-corrected chi connectivity index (χ3v) is 5.72. The van der Waals surface area contributed by atoms with E-state index in [1.807, 2.05) is 30.3 Å². The summed E-state index contributed by atoms with van der Waals surface area (Å²) in [5, 5.41) is 3.12. The third-order valence-electron chi connectivity index (χ3n) is 5.72. The predicted molar refractivity (Wildman–Crippen MR) is 103 cm³/mol. The van der Waals surface area contributed by atoms with Gasteiger partial charge in [0.15, 0.2) is 0 Å². The van der Waals surface area contributed by atoms with Gasteiger partial charge in [0.1, 0.15) is 11.4 Å². The molecular formula is C21H22F3N3O2. The number of benzene rings is 1. The number of aromatic nitrogens is 1. The number of anilines is 2. The molecule has 1 saturated carbocycles. The van der Waals surface area contributed by atoms with Gasteiger partial charge >= 0.3 is 12.3 Å². The van der Waals surface area contributed by atoms with E-state index in [0.717, 1.165) is 43.6 Å². The van der Waals surface area contributed by atoms with Crippen molar-refractivity contribution in [3.05, 3.63) is 54.2 Å². The fraction of sp³-hybridized carbons (Fsp3) is 0.429. The van der Waals surface area contributed by atoms with Crippen LogP contribution in [0.15, 0.2) is 48.7 Å². The number of carbonyl (C=O) groups is 1. The number of ether oxygens (including phenoxy) is 1. The van der Waals surface area contributed by atoms with Crippen LogP contribution >= 0.6 is 0 Å². The molecule has 2 aromatic rings. The van der Waals surface area contributed by atoms with Gasteiger partial charge in [0.2, 0.25) is 0 Å². The molecule has 2 heterocycles. The molecule has 1 saturated heterocycles. The average molecular weight is 405 g/mol. The maximum absolute atomic E-state index is 12.6. The van der Waals surface area contributed by atoms with Gasteiger partial charge in [-0.1, -0.05) is 18.2 Å². The Balaban J connectivity index is 1.29. The molecule has 29 heavy (non-hydrogen) atoms. The molecule has 0 radical (unpaired) electrons. The van der Waals surface area contributed by atoms with Gasteiger partial charge in [-0.25, -0.2) is 9.78 Å². The molecule has 2 fully saturated rings. The van der Waals surface area contributed by atoms with Crippen molar-refractivity contribution in [2.24, 2.45) is 5.92 Å². The van der Waals surface area contributed by atoms with E-state index in [2.05, 4.69) is 10.3 Å².